The van der Waals surface area contributed by atoms with E-state index >= 15 is 0 Å². The topological polar surface area (TPSA) is 38.3 Å². The maximum atomic E-state index is 11.9. The average molecular weight is 366 g/mol. The van der Waals surface area contributed by atoms with Crippen LogP contribution in [0.15, 0.2) is 36.4 Å². The average Bonchev–Trinajstić information content (AvgIpc) is 2.56. The maximum Gasteiger partial charge on any atom is 0.220 e. The SMILES string of the molecule is Cc1cccc(OCCNC(=O)CCc2ccc(Cl)c(Cl)c2)c1C. The molecule has 128 valence electrons. The molecule has 0 aliphatic carbocycles. The van der Waals surface area contributed by atoms with Gasteiger partial charge < -0.3 is 10.1 Å². The number of nitrogens with one attached hydrogen (secondary N) is 1. The molecule has 0 aliphatic heterocycles. The van der Waals surface area contributed by atoms with E-state index in [0.29, 0.717) is 36.0 Å². The Balaban J connectivity index is 1.69. The summed E-state index contributed by atoms with van der Waals surface area (Å²) < 4.78 is 5.71. The molecule has 0 spiro atoms. The van der Waals surface area contributed by atoms with Crippen LogP contribution < -0.4 is 10.1 Å². The third-order valence-electron chi connectivity index (χ3n) is 3.86. The number of hydrogen-bond donors (Lipinski definition) is 1. The zero-order valence-electron chi connectivity index (χ0n) is 13.9. The van der Waals surface area contributed by atoms with Crippen molar-refractivity contribution in [2.45, 2.75) is 26.7 Å². The van der Waals surface area contributed by atoms with Crippen LogP contribution in [-0.2, 0) is 11.2 Å². The molecule has 3 nitrogen and oxygen atoms in total. The van der Waals surface area contributed by atoms with Gasteiger partial charge in [0.05, 0.1) is 16.6 Å². The van der Waals surface area contributed by atoms with Crippen LogP contribution in [0, 0.1) is 13.8 Å². The molecule has 2 aromatic rings. The van der Waals surface area contributed by atoms with Gasteiger partial charge in [0.1, 0.15) is 12.4 Å². The summed E-state index contributed by atoms with van der Waals surface area (Å²) in [7, 11) is 0. The van der Waals surface area contributed by atoms with Crippen molar-refractivity contribution in [1.82, 2.24) is 5.32 Å². The highest BCUT2D eigenvalue weighted by molar-refractivity contribution is 6.42. The second-order valence-corrected chi connectivity index (χ2v) is 6.46. The van der Waals surface area contributed by atoms with Gasteiger partial charge >= 0.3 is 0 Å². The lowest BCUT2D eigenvalue weighted by Crippen LogP contribution is -2.28. The highest BCUT2D eigenvalue weighted by Crippen LogP contribution is 2.23. The van der Waals surface area contributed by atoms with Gasteiger partial charge in [-0.15, -0.1) is 0 Å². The Morgan fingerprint density at radius 1 is 1.12 bits per heavy atom. The molecule has 0 bridgehead atoms. The molecular weight excluding hydrogens is 345 g/mol. The molecule has 0 atom stereocenters. The third kappa shape index (κ3) is 5.43. The lowest BCUT2D eigenvalue weighted by molar-refractivity contribution is -0.121. The van der Waals surface area contributed by atoms with Crippen molar-refractivity contribution in [2.75, 3.05) is 13.2 Å². The van der Waals surface area contributed by atoms with E-state index in [9.17, 15) is 4.79 Å². The monoisotopic (exact) mass is 365 g/mol. The predicted molar refractivity (Wildman–Crippen MR) is 99.2 cm³/mol. The molecule has 0 aromatic heterocycles. The van der Waals surface area contributed by atoms with E-state index in [-0.39, 0.29) is 5.91 Å². The fourth-order valence-electron chi connectivity index (χ4n) is 2.27. The van der Waals surface area contributed by atoms with Gasteiger partial charge in [-0.3, -0.25) is 4.79 Å². The molecule has 2 aromatic carbocycles. The minimum Gasteiger partial charge on any atom is -0.491 e. The lowest BCUT2D eigenvalue weighted by atomic mass is 10.1. The first-order valence-electron chi connectivity index (χ1n) is 7.87. The number of rotatable bonds is 7. The van der Waals surface area contributed by atoms with E-state index in [1.165, 1.54) is 5.56 Å². The van der Waals surface area contributed by atoms with Gasteiger partial charge in [0, 0.05) is 6.42 Å². The van der Waals surface area contributed by atoms with Crippen molar-refractivity contribution in [1.29, 1.82) is 0 Å². The van der Waals surface area contributed by atoms with Gasteiger partial charge in [0.15, 0.2) is 0 Å². The van der Waals surface area contributed by atoms with Crippen LogP contribution in [0.25, 0.3) is 0 Å². The van der Waals surface area contributed by atoms with Crippen LogP contribution in [0.4, 0.5) is 0 Å². The van der Waals surface area contributed by atoms with Gasteiger partial charge in [-0.2, -0.15) is 0 Å². The molecule has 0 fully saturated rings. The molecule has 1 amide bonds. The van der Waals surface area contributed by atoms with Gasteiger partial charge in [-0.1, -0.05) is 41.4 Å². The van der Waals surface area contributed by atoms with Gasteiger partial charge in [0.2, 0.25) is 5.91 Å². The van der Waals surface area contributed by atoms with Crippen molar-refractivity contribution in [2.24, 2.45) is 0 Å². The molecule has 0 heterocycles. The van der Waals surface area contributed by atoms with Crippen LogP contribution in [0.3, 0.4) is 0 Å². The number of aryl methyl sites for hydroxylation is 2. The van der Waals surface area contributed by atoms with Crippen LogP contribution in [0.5, 0.6) is 5.75 Å². The number of benzene rings is 2. The first kappa shape index (κ1) is 18.6. The smallest absolute Gasteiger partial charge is 0.220 e. The molecular formula is C19H21Cl2NO2. The Kier molecular flexibility index (Phi) is 6.95. The molecule has 1 N–H and O–H groups in total. The predicted octanol–water partition coefficient (Wildman–Crippen LogP) is 4.74. The second-order valence-electron chi connectivity index (χ2n) is 5.64. The van der Waals surface area contributed by atoms with E-state index in [2.05, 4.69) is 5.32 Å². The Hall–Kier alpha value is -1.71. The Labute approximate surface area is 152 Å². The number of carbonyl (C=O) groups is 1. The molecule has 0 aliphatic rings. The minimum absolute atomic E-state index is 0.00867. The third-order valence-corrected chi connectivity index (χ3v) is 4.60. The summed E-state index contributed by atoms with van der Waals surface area (Å²) in [5, 5.41) is 3.89. The fourth-order valence-corrected chi connectivity index (χ4v) is 2.59. The van der Waals surface area contributed by atoms with Crippen molar-refractivity contribution in [3.05, 3.63) is 63.1 Å². The summed E-state index contributed by atoms with van der Waals surface area (Å²) in [4.78, 5) is 11.9. The summed E-state index contributed by atoms with van der Waals surface area (Å²) in [6.07, 6.45) is 1.03. The first-order chi connectivity index (χ1) is 11.5. The Morgan fingerprint density at radius 2 is 1.92 bits per heavy atom. The fraction of sp³-hybridized carbons (Fsp3) is 0.316. The normalized spacial score (nSPS) is 10.5. The van der Waals surface area contributed by atoms with Crippen molar-refractivity contribution >= 4 is 29.1 Å². The minimum atomic E-state index is -0.00867. The number of amides is 1. The molecule has 2 rings (SSSR count). The molecule has 0 unspecified atom stereocenters. The van der Waals surface area contributed by atoms with E-state index in [4.69, 9.17) is 27.9 Å². The van der Waals surface area contributed by atoms with Gasteiger partial charge in [-0.05, 0) is 55.2 Å². The summed E-state index contributed by atoms with van der Waals surface area (Å²) >= 11 is 11.8. The molecule has 24 heavy (non-hydrogen) atoms. The molecule has 0 saturated carbocycles. The van der Waals surface area contributed by atoms with E-state index in [0.717, 1.165) is 16.9 Å². The number of hydrogen-bond acceptors (Lipinski definition) is 2. The van der Waals surface area contributed by atoms with Crippen molar-refractivity contribution in [3.63, 3.8) is 0 Å². The second kappa shape index (κ2) is 8.95. The number of carbonyl (C=O) groups excluding carboxylic acids is 1. The lowest BCUT2D eigenvalue weighted by Gasteiger charge is -2.11. The van der Waals surface area contributed by atoms with Crippen LogP contribution in [0.1, 0.15) is 23.1 Å². The standard InChI is InChI=1S/C19H21Cl2NO2/c1-13-4-3-5-18(14(13)2)24-11-10-22-19(23)9-7-15-6-8-16(20)17(21)12-15/h3-6,8,12H,7,9-11H2,1-2H3,(H,22,23). The number of ether oxygens (including phenoxy) is 1. The maximum absolute atomic E-state index is 11.9. The first-order valence-corrected chi connectivity index (χ1v) is 8.62. The zero-order chi connectivity index (χ0) is 17.5. The van der Waals surface area contributed by atoms with Crippen molar-refractivity contribution < 1.29 is 9.53 Å². The van der Waals surface area contributed by atoms with Gasteiger partial charge in [-0.25, -0.2) is 0 Å². The quantitative estimate of drug-likeness (QED) is 0.719. The summed E-state index contributed by atoms with van der Waals surface area (Å²) in [5.41, 5.74) is 3.31. The molecule has 0 radical (unpaired) electrons. The highest BCUT2D eigenvalue weighted by atomic mass is 35.5. The van der Waals surface area contributed by atoms with Crippen LogP contribution >= 0.6 is 23.2 Å². The Bertz CT molecular complexity index is 717. The summed E-state index contributed by atoms with van der Waals surface area (Å²) in [6, 6.07) is 11.4. The largest absolute Gasteiger partial charge is 0.491 e. The summed E-state index contributed by atoms with van der Waals surface area (Å²) in [6.45, 7) is 5.00. The van der Waals surface area contributed by atoms with Gasteiger partial charge in [0.25, 0.3) is 0 Å². The summed E-state index contributed by atoms with van der Waals surface area (Å²) in [5.74, 6) is 0.852. The van der Waals surface area contributed by atoms with E-state index in [1.54, 1.807) is 12.1 Å². The number of halogens is 2. The molecule has 0 saturated heterocycles. The highest BCUT2D eigenvalue weighted by Gasteiger charge is 2.05. The Morgan fingerprint density at radius 3 is 2.67 bits per heavy atom. The van der Waals surface area contributed by atoms with Crippen LogP contribution in [-0.4, -0.2) is 19.1 Å². The van der Waals surface area contributed by atoms with Crippen molar-refractivity contribution in [3.8, 4) is 5.75 Å². The zero-order valence-corrected chi connectivity index (χ0v) is 15.4. The molecule has 5 heteroatoms. The van der Waals surface area contributed by atoms with E-state index < -0.39 is 0 Å². The van der Waals surface area contributed by atoms with Crippen LogP contribution in [0.2, 0.25) is 10.0 Å². The van der Waals surface area contributed by atoms with E-state index in [1.807, 2.05) is 38.1 Å².